The quantitative estimate of drug-likeness (QED) is 0.273. The molecule has 0 aromatic heterocycles. The Hall–Kier alpha value is -2.21. The second kappa shape index (κ2) is 9.68. The standard InChI is InChI=1S/C16H18O5S/c1-3-20-15(18)13(17)10-11-14(16(19)21-4-2)22-12-8-6-5-7-9-12/h5-11,17H,3-4H2,1-2H3/b13-10-,14-11-. The van der Waals surface area contributed by atoms with Crippen LogP contribution in [0.25, 0.3) is 0 Å². The lowest BCUT2D eigenvalue weighted by molar-refractivity contribution is -0.141. The van der Waals surface area contributed by atoms with E-state index >= 15 is 0 Å². The number of thioether (sulfide) groups is 1. The Balaban J connectivity index is 2.94. The van der Waals surface area contributed by atoms with Gasteiger partial charge >= 0.3 is 11.9 Å². The molecule has 1 aromatic rings. The first-order valence-corrected chi connectivity index (χ1v) is 7.58. The maximum Gasteiger partial charge on any atom is 0.373 e. The highest BCUT2D eigenvalue weighted by Crippen LogP contribution is 2.27. The SMILES string of the molecule is CCOC(=O)/C(O)=C/C=C(\Sc1ccccc1)C(=O)OCC. The van der Waals surface area contributed by atoms with Gasteiger partial charge in [0.05, 0.1) is 18.1 Å². The van der Waals surface area contributed by atoms with Crippen molar-refractivity contribution >= 4 is 23.7 Å². The molecule has 0 atom stereocenters. The predicted molar refractivity (Wildman–Crippen MR) is 84.4 cm³/mol. The fourth-order valence-electron chi connectivity index (χ4n) is 1.39. The van der Waals surface area contributed by atoms with E-state index < -0.39 is 17.7 Å². The van der Waals surface area contributed by atoms with Crippen molar-refractivity contribution in [2.45, 2.75) is 18.7 Å². The zero-order chi connectivity index (χ0) is 16.4. The van der Waals surface area contributed by atoms with E-state index in [0.717, 1.165) is 11.0 Å². The fraction of sp³-hybridized carbons (Fsp3) is 0.250. The second-order valence-electron chi connectivity index (χ2n) is 3.94. The van der Waals surface area contributed by atoms with Gasteiger partial charge in [0.25, 0.3) is 0 Å². The first kappa shape index (κ1) is 17.8. The number of esters is 2. The number of aliphatic hydroxyl groups is 1. The molecule has 0 bridgehead atoms. The summed E-state index contributed by atoms with van der Waals surface area (Å²) in [6, 6.07) is 9.23. The largest absolute Gasteiger partial charge is 0.502 e. The maximum atomic E-state index is 11.9. The molecule has 0 unspecified atom stereocenters. The van der Waals surface area contributed by atoms with Crippen molar-refractivity contribution in [2.24, 2.45) is 0 Å². The van der Waals surface area contributed by atoms with Gasteiger partial charge in [-0.15, -0.1) is 0 Å². The van der Waals surface area contributed by atoms with Crippen LogP contribution >= 0.6 is 11.8 Å². The van der Waals surface area contributed by atoms with Crippen LogP contribution in [0, 0.1) is 0 Å². The minimum Gasteiger partial charge on any atom is -0.502 e. The number of hydrogen-bond donors (Lipinski definition) is 1. The highest BCUT2D eigenvalue weighted by molar-refractivity contribution is 8.04. The van der Waals surface area contributed by atoms with Crippen LogP contribution in [0.4, 0.5) is 0 Å². The molecule has 118 valence electrons. The number of carbonyl (C=O) groups excluding carboxylic acids is 2. The predicted octanol–water partition coefficient (Wildman–Crippen LogP) is 3.23. The molecule has 6 heteroatoms. The molecular weight excluding hydrogens is 304 g/mol. The van der Waals surface area contributed by atoms with Gasteiger partial charge in [-0.2, -0.15) is 0 Å². The minimum atomic E-state index is -0.841. The molecule has 0 radical (unpaired) electrons. The van der Waals surface area contributed by atoms with Crippen LogP contribution in [0.3, 0.4) is 0 Å². The Morgan fingerprint density at radius 1 is 1.05 bits per heavy atom. The Labute approximate surface area is 133 Å². The van der Waals surface area contributed by atoms with Crippen molar-refractivity contribution < 1.29 is 24.2 Å². The van der Waals surface area contributed by atoms with Gasteiger partial charge in [0.2, 0.25) is 5.76 Å². The monoisotopic (exact) mass is 322 g/mol. The topological polar surface area (TPSA) is 72.8 Å². The zero-order valence-corrected chi connectivity index (χ0v) is 13.3. The van der Waals surface area contributed by atoms with Crippen molar-refractivity contribution in [3.63, 3.8) is 0 Å². The number of ether oxygens (including phenoxy) is 2. The third-order valence-electron chi connectivity index (χ3n) is 2.32. The molecule has 1 N–H and O–H groups in total. The molecule has 0 aliphatic rings. The van der Waals surface area contributed by atoms with E-state index in [0.29, 0.717) is 0 Å². The molecule has 1 aromatic carbocycles. The minimum absolute atomic E-state index is 0.157. The summed E-state index contributed by atoms with van der Waals surface area (Å²) >= 11 is 1.18. The van der Waals surface area contributed by atoms with Crippen molar-refractivity contribution in [2.75, 3.05) is 13.2 Å². The number of rotatable bonds is 7. The van der Waals surface area contributed by atoms with Crippen LogP contribution in [-0.2, 0) is 19.1 Å². The molecule has 0 aliphatic carbocycles. The van der Waals surface area contributed by atoms with Crippen LogP contribution in [0.1, 0.15) is 13.8 Å². The highest BCUT2D eigenvalue weighted by atomic mass is 32.2. The summed E-state index contributed by atoms with van der Waals surface area (Å²) in [6.07, 6.45) is 2.46. The third-order valence-corrected chi connectivity index (χ3v) is 3.36. The molecule has 0 heterocycles. The van der Waals surface area contributed by atoms with Crippen molar-refractivity contribution in [3.05, 3.63) is 53.1 Å². The summed E-state index contributed by atoms with van der Waals surface area (Å²) in [7, 11) is 0. The van der Waals surface area contributed by atoms with Crippen LogP contribution in [0.2, 0.25) is 0 Å². The third kappa shape index (κ3) is 6.05. The lowest BCUT2D eigenvalue weighted by Crippen LogP contribution is -2.07. The summed E-state index contributed by atoms with van der Waals surface area (Å²) < 4.78 is 9.61. The lowest BCUT2D eigenvalue weighted by Gasteiger charge is -2.06. The van der Waals surface area contributed by atoms with Gasteiger partial charge in [0.1, 0.15) is 0 Å². The molecule has 0 saturated carbocycles. The number of hydrogen-bond acceptors (Lipinski definition) is 6. The van der Waals surface area contributed by atoms with Crippen LogP contribution in [0.15, 0.2) is 58.0 Å². The first-order chi connectivity index (χ1) is 10.6. The number of benzene rings is 1. The van der Waals surface area contributed by atoms with Crippen molar-refractivity contribution in [3.8, 4) is 0 Å². The molecule has 0 spiro atoms. The average Bonchev–Trinajstić information content (AvgIpc) is 2.52. The molecule has 0 fully saturated rings. The first-order valence-electron chi connectivity index (χ1n) is 6.76. The van der Waals surface area contributed by atoms with Gasteiger partial charge in [0.15, 0.2) is 0 Å². The van der Waals surface area contributed by atoms with Gasteiger partial charge in [-0.1, -0.05) is 30.0 Å². The fourth-order valence-corrected chi connectivity index (χ4v) is 2.21. The number of allylic oxidation sites excluding steroid dienone is 2. The average molecular weight is 322 g/mol. The van der Waals surface area contributed by atoms with E-state index in [-0.39, 0.29) is 18.1 Å². The normalized spacial score (nSPS) is 11.9. The van der Waals surface area contributed by atoms with E-state index in [4.69, 9.17) is 4.74 Å². The lowest BCUT2D eigenvalue weighted by atomic mass is 10.4. The Kier molecular flexibility index (Phi) is 7.85. The summed E-state index contributed by atoms with van der Waals surface area (Å²) in [6.45, 7) is 3.73. The van der Waals surface area contributed by atoms with Crippen LogP contribution in [-0.4, -0.2) is 30.3 Å². The Bertz CT molecular complexity index is 563. The van der Waals surface area contributed by atoms with Crippen molar-refractivity contribution in [1.82, 2.24) is 0 Å². The summed E-state index contributed by atoms with van der Waals surface area (Å²) in [4.78, 5) is 24.3. The van der Waals surface area contributed by atoms with E-state index in [1.165, 1.54) is 17.8 Å². The second-order valence-corrected chi connectivity index (χ2v) is 5.05. The number of carbonyl (C=O) groups is 2. The molecule has 0 aliphatic heterocycles. The van der Waals surface area contributed by atoms with Gasteiger partial charge < -0.3 is 14.6 Å². The zero-order valence-electron chi connectivity index (χ0n) is 12.4. The molecule has 5 nitrogen and oxygen atoms in total. The summed E-state index contributed by atoms with van der Waals surface area (Å²) in [5.74, 6) is -1.94. The van der Waals surface area contributed by atoms with E-state index in [9.17, 15) is 14.7 Å². The molecule has 0 amide bonds. The van der Waals surface area contributed by atoms with Gasteiger partial charge in [-0.25, -0.2) is 9.59 Å². The molecule has 22 heavy (non-hydrogen) atoms. The molecular formula is C16H18O5S. The van der Waals surface area contributed by atoms with Gasteiger partial charge in [-0.05, 0) is 38.1 Å². The van der Waals surface area contributed by atoms with Crippen molar-refractivity contribution in [1.29, 1.82) is 0 Å². The molecule has 0 saturated heterocycles. The van der Waals surface area contributed by atoms with E-state index in [2.05, 4.69) is 4.74 Å². The number of aliphatic hydroxyl groups excluding tert-OH is 1. The van der Waals surface area contributed by atoms with Crippen LogP contribution in [0.5, 0.6) is 0 Å². The highest BCUT2D eigenvalue weighted by Gasteiger charge is 2.13. The van der Waals surface area contributed by atoms with Gasteiger partial charge in [0, 0.05) is 4.90 Å². The van der Waals surface area contributed by atoms with E-state index in [1.54, 1.807) is 13.8 Å². The summed E-state index contributed by atoms with van der Waals surface area (Å²) in [5.41, 5.74) is 0. The Morgan fingerprint density at radius 3 is 2.23 bits per heavy atom. The molecule has 1 rings (SSSR count). The van der Waals surface area contributed by atoms with E-state index in [1.807, 2.05) is 30.3 Å². The summed E-state index contributed by atoms with van der Waals surface area (Å²) in [5, 5.41) is 9.56. The smallest absolute Gasteiger partial charge is 0.373 e. The van der Waals surface area contributed by atoms with Gasteiger partial charge in [-0.3, -0.25) is 0 Å². The van der Waals surface area contributed by atoms with Crippen LogP contribution < -0.4 is 0 Å². The maximum absolute atomic E-state index is 11.9. The Morgan fingerprint density at radius 2 is 1.64 bits per heavy atom.